The van der Waals surface area contributed by atoms with Gasteiger partial charge < -0.3 is 11.1 Å². The number of benzene rings is 2. The first-order chi connectivity index (χ1) is 9.01. The zero-order valence-electron chi connectivity index (χ0n) is 9.55. The Morgan fingerprint density at radius 3 is 2.68 bits per heavy atom. The molecule has 96 valence electrons. The van der Waals surface area contributed by atoms with E-state index in [1.54, 1.807) is 18.2 Å². The highest BCUT2D eigenvalue weighted by Crippen LogP contribution is 2.32. The Balaban J connectivity index is 2.42. The van der Waals surface area contributed by atoms with E-state index in [0.29, 0.717) is 27.6 Å². The third-order valence-corrected chi connectivity index (χ3v) is 3.39. The second-order valence-corrected chi connectivity index (χ2v) is 5.05. The molecule has 0 aliphatic rings. The lowest BCUT2D eigenvalue weighted by Gasteiger charge is -2.12. The number of nitrogens with two attached hydrogens (primary N) is 1. The van der Waals surface area contributed by atoms with Crippen LogP contribution in [0.2, 0.25) is 5.02 Å². The Hall–Kier alpha value is -1.77. The van der Waals surface area contributed by atoms with Gasteiger partial charge in [-0.3, -0.25) is 0 Å². The number of nitriles is 1. The molecule has 0 heterocycles. The Morgan fingerprint density at radius 2 is 2.00 bits per heavy atom. The van der Waals surface area contributed by atoms with E-state index >= 15 is 0 Å². The van der Waals surface area contributed by atoms with Gasteiger partial charge in [-0.25, -0.2) is 4.39 Å². The molecule has 0 aliphatic carbocycles. The van der Waals surface area contributed by atoms with Crippen molar-refractivity contribution < 1.29 is 4.39 Å². The lowest BCUT2D eigenvalue weighted by atomic mass is 10.2. The second kappa shape index (κ2) is 5.47. The topological polar surface area (TPSA) is 61.8 Å². The smallest absolute Gasteiger partial charge is 0.139 e. The van der Waals surface area contributed by atoms with E-state index in [9.17, 15) is 4.39 Å². The molecule has 19 heavy (non-hydrogen) atoms. The summed E-state index contributed by atoms with van der Waals surface area (Å²) in [6.07, 6.45) is 0. The Kier molecular flexibility index (Phi) is 3.93. The average molecular weight is 341 g/mol. The Labute approximate surface area is 122 Å². The van der Waals surface area contributed by atoms with Crippen LogP contribution in [-0.4, -0.2) is 0 Å². The molecule has 6 heteroatoms. The lowest BCUT2D eigenvalue weighted by molar-refractivity contribution is 0.622. The number of hydrogen-bond donors (Lipinski definition) is 2. The van der Waals surface area contributed by atoms with Crippen molar-refractivity contribution in [1.82, 2.24) is 0 Å². The fourth-order valence-corrected chi connectivity index (χ4v) is 2.03. The van der Waals surface area contributed by atoms with Gasteiger partial charge in [0.25, 0.3) is 0 Å². The van der Waals surface area contributed by atoms with E-state index in [4.69, 9.17) is 22.6 Å². The minimum Gasteiger partial charge on any atom is -0.397 e. The van der Waals surface area contributed by atoms with Gasteiger partial charge in [-0.15, -0.1) is 0 Å². The van der Waals surface area contributed by atoms with Crippen molar-refractivity contribution in [2.45, 2.75) is 0 Å². The van der Waals surface area contributed by atoms with Gasteiger partial charge in [0.1, 0.15) is 5.82 Å². The van der Waals surface area contributed by atoms with Crippen LogP contribution in [0.5, 0.6) is 0 Å². The van der Waals surface area contributed by atoms with E-state index in [1.165, 1.54) is 12.1 Å². The lowest BCUT2D eigenvalue weighted by Crippen LogP contribution is -1.98. The molecular weight excluding hydrogens is 333 g/mol. The van der Waals surface area contributed by atoms with Crippen molar-refractivity contribution in [3.8, 4) is 6.07 Å². The predicted octanol–water partition coefficient (Wildman–Crippen LogP) is 4.44. The molecule has 0 unspecified atom stereocenters. The second-order valence-electron chi connectivity index (χ2n) is 3.78. The van der Waals surface area contributed by atoms with E-state index in [1.807, 2.05) is 6.07 Å². The largest absolute Gasteiger partial charge is 0.397 e. The number of nitrogens with one attached hydrogen (secondary N) is 1. The standard InChI is InChI=1S/C13H8BrClFN3/c14-8-4-11(18)13(5-10(8)16)19-12-3-7(6-17)1-2-9(12)15/h1-5,19H,18H2. The number of rotatable bonds is 2. The monoisotopic (exact) mass is 339 g/mol. The fraction of sp³-hybridized carbons (Fsp3) is 0. The normalized spacial score (nSPS) is 10.0. The molecule has 0 saturated heterocycles. The molecule has 0 aromatic heterocycles. The summed E-state index contributed by atoms with van der Waals surface area (Å²) in [5.74, 6) is -0.440. The molecule has 0 bridgehead atoms. The van der Waals surface area contributed by atoms with E-state index in [0.717, 1.165) is 0 Å². The van der Waals surface area contributed by atoms with Gasteiger partial charge in [0.05, 0.1) is 38.2 Å². The first kappa shape index (κ1) is 13.7. The Morgan fingerprint density at radius 1 is 1.26 bits per heavy atom. The van der Waals surface area contributed by atoms with Crippen molar-refractivity contribution in [1.29, 1.82) is 5.26 Å². The molecule has 2 rings (SSSR count). The summed E-state index contributed by atoms with van der Waals surface area (Å²) in [5.41, 5.74) is 7.49. The quantitative estimate of drug-likeness (QED) is 0.795. The van der Waals surface area contributed by atoms with Crippen molar-refractivity contribution >= 4 is 44.6 Å². The maximum absolute atomic E-state index is 13.5. The van der Waals surface area contributed by atoms with Crippen LogP contribution in [0, 0.1) is 17.1 Å². The number of hydrogen-bond acceptors (Lipinski definition) is 3. The van der Waals surface area contributed by atoms with Gasteiger partial charge in [0.15, 0.2) is 0 Å². The molecule has 0 spiro atoms. The number of halogens is 3. The molecule has 0 atom stereocenters. The van der Waals surface area contributed by atoms with Crippen LogP contribution >= 0.6 is 27.5 Å². The molecule has 0 amide bonds. The Bertz CT molecular complexity index is 682. The van der Waals surface area contributed by atoms with Gasteiger partial charge >= 0.3 is 0 Å². The van der Waals surface area contributed by atoms with Crippen LogP contribution in [0.25, 0.3) is 0 Å². The maximum Gasteiger partial charge on any atom is 0.139 e. The highest BCUT2D eigenvalue weighted by Gasteiger charge is 2.08. The zero-order valence-corrected chi connectivity index (χ0v) is 11.9. The fourth-order valence-electron chi connectivity index (χ4n) is 1.51. The van der Waals surface area contributed by atoms with Crippen molar-refractivity contribution in [3.63, 3.8) is 0 Å². The first-order valence-corrected chi connectivity index (χ1v) is 6.39. The highest BCUT2D eigenvalue weighted by atomic mass is 79.9. The summed E-state index contributed by atoms with van der Waals surface area (Å²) >= 11 is 9.06. The van der Waals surface area contributed by atoms with E-state index in [2.05, 4.69) is 21.2 Å². The van der Waals surface area contributed by atoms with Crippen molar-refractivity contribution in [2.75, 3.05) is 11.1 Å². The summed E-state index contributed by atoms with van der Waals surface area (Å²) in [7, 11) is 0. The highest BCUT2D eigenvalue weighted by molar-refractivity contribution is 9.10. The number of nitrogens with zero attached hydrogens (tertiary/aromatic N) is 1. The molecular formula is C13H8BrClFN3. The minimum atomic E-state index is -0.440. The SMILES string of the molecule is N#Cc1ccc(Cl)c(Nc2cc(F)c(Br)cc2N)c1. The number of anilines is 3. The van der Waals surface area contributed by atoms with Gasteiger partial charge in [-0.05, 0) is 40.2 Å². The van der Waals surface area contributed by atoms with Crippen molar-refractivity contribution in [2.24, 2.45) is 0 Å². The third kappa shape index (κ3) is 2.98. The molecule has 0 saturated carbocycles. The van der Waals surface area contributed by atoms with Crippen LogP contribution in [0.3, 0.4) is 0 Å². The molecule has 0 fully saturated rings. The summed E-state index contributed by atoms with van der Waals surface area (Å²) in [5, 5.41) is 12.2. The zero-order chi connectivity index (χ0) is 14.0. The summed E-state index contributed by atoms with van der Waals surface area (Å²) < 4.78 is 13.8. The van der Waals surface area contributed by atoms with Crippen LogP contribution in [-0.2, 0) is 0 Å². The summed E-state index contributed by atoms with van der Waals surface area (Å²) in [6.45, 7) is 0. The van der Waals surface area contributed by atoms with Crippen LogP contribution < -0.4 is 11.1 Å². The molecule has 3 nitrogen and oxygen atoms in total. The van der Waals surface area contributed by atoms with E-state index < -0.39 is 5.82 Å². The van der Waals surface area contributed by atoms with E-state index in [-0.39, 0.29) is 4.47 Å². The van der Waals surface area contributed by atoms with Crippen LogP contribution in [0.1, 0.15) is 5.56 Å². The maximum atomic E-state index is 13.5. The first-order valence-electron chi connectivity index (χ1n) is 5.22. The van der Waals surface area contributed by atoms with Gasteiger partial charge in [0, 0.05) is 6.07 Å². The van der Waals surface area contributed by atoms with Crippen molar-refractivity contribution in [3.05, 3.63) is 51.2 Å². The number of nitrogen functional groups attached to an aromatic ring is 1. The third-order valence-electron chi connectivity index (χ3n) is 2.46. The predicted molar refractivity (Wildman–Crippen MR) is 78.0 cm³/mol. The van der Waals surface area contributed by atoms with Gasteiger partial charge in [-0.1, -0.05) is 11.6 Å². The van der Waals surface area contributed by atoms with Crippen LogP contribution in [0.4, 0.5) is 21.5 Å². The summed E-state index contributed by atoms with van der Waals surface area (Å²) in [4.78, 5) is 0. The molecule has 2 aromatic carbocycles. The molecule has 3 N–H and O–H groups in total. The van der Waals surface area contributed by atoms with Gasteiger partial charge in [-0.2, -0.15) is 5.26 Å². The molecule has 2 aromatic rings. The minimum absolute atomic E-state index is 0.285. The molecule has 0 aliphatic heterocycles. The summed E-state index contributed by atoms with van der Waals surface area (Å²) in [6, 6.07) is 9.48. The average Bonchev–Trinajstić information content (AvgIpc) is 2.38. The van der Waals surface area contributed by atoms with Crippen LogP contribution in [0.15, 0.2) is 34.8 Å². The molecule has 0 radical (unpaired) electrons. The van der Waals surface area contributed by atoms with Gasteiger partial charge in [0.2, 0.25) is 0 Å².